The number of ether oxygens (including phenoxy) is 3. The van der Waals surface area contributed by atoms with Gasteiger partial charge in [0.05, 0.1) is 13.7 Å². The third kappa shape index (κ3) is 4.59. The van der Waals surface area contributed by atoms with Crippen molar-refractivity contribution in [2.75, 3.05) is 20.8 Å². The Hall–Kier alpha value is -1.44. The molecule has 5 nitrogen and oxygen atoms in total. The van der Waals surface area contributed by atoms with Crippen molar-refractivity contribution >= 4 is 5.97 Å². The molecule has 0 radical (unpaired) electrons. The Kier molecular flexibility index (Phi) is 7.21. The van der Waals surface area contributed by atoms with Gasteiger partial charge in [0, 0.05) is 0 Å². The van der Waals surface area contributed by atoms with Gasteiger partial charge in [-0.1, -0.05) is 19.1 Å². The fourth-order valence-corrected chi connectivity index (χ4v) is 3.74. The number of carbonyl (C=O) groups excluding carboxylic acids is 1. The Morgan fingerprint density at radius 3 is 2.55 bits per heavy atom. The van der Waals surface area contributed by atoms with E-state index in [9.17, 15) is 9.90 Å². The lowest BCUT2D eigenvalue weighted by Crippen LogP contribution is -3.61. The zero-order valence-electron chi connectivity index (χ0n) is 11.6. The van der Waals surface area contributed by atoms with E-state index in [0.29, 0.717) is 12.4 Å². The van der Waals surface area contributed by atoms with Gasteiger partial charge in [0.15, 0.2) is 5.75 Å². The molecule has 0 saturated carbocycles. The summed E-state index contributed by atoms with van der Waals surface area (Å²) in [6.07, 6.45) is 0.886. The summed E-state index contributed by atoms with van der Waals surface area (Å²) in [6.45, 7) is 2.60. The van der Waals surface area contributed by atoms with Crippen LogP contribution in [0.3, 0.4) is 0 Å². The molecule has 0 aliphatic rings. The number of halogens is 1. The Bertz CT molecular complexity index is 484. The van der Waals surface area contributed by atoms with Crippen molar-refractivity contribution in [3.8, 4) is 5.75 Å². The lowest BCUT2D eigenvalue weighted by Gasteiger charge is -2.08. The summed E-state index contributed by atoms with van der Waals surface area (Å²) in [5.41, 5.74) is 0. The first-order valence-electron chi connectivity index (χ1n) is 6.04. The highest BCUT2D eigenvalue weighted by Crippen LogP contribution is 2.09. The van der Waals surface area contributed by atoms with Crippen LogP contribution in [0, 0.1) is 3.57 Å². The maximum absolute atomic E-state index is 11.7. The van der Waals surface area contributed by atoms with Crippen LogP contribution in [0.15, 0.2) is 33.8 Å². The van der Waals surface area contributed by atoms with Crippen LogP contribution in [-0.2, 0) is 14.3 Å². The predicted octanol–water partition coefficient (Wildman–Crippen LogP) is -1.92. The van der Waals surface area contributed by atoms with Gasteiger partial charge < -0.3 is 19.3 Å². The van der Waals surface area contributed by atoms with Gasteiger partial charge in [0.25, 0.3) is 3.58 Å². The monoisotopic (exact) mass is 392 g/mol. The van der Waals surface area contributed by atoms with E-state index in [0.717, 1.165) is 9.99 Å². The summed E-state index contributed by atoms with van der Waals surface area (Å²) < 4.78 is 15.8. The van der Waals surface area contributed by atoms with E-state index in [2.05, 4.69) is 9.47 Å². The van der Waals surface area contributed by atoms with Crippen molar-refractivity contribution in [3.05, 3.63) is 37.4 Å². The minimum absolute atomic E-state index is 0.0568. The van der Waals surface area contributed by atoms with Crippen LogP contribution in [0.4, 0.5) is 0 Å². The Balaban J connectivity index is 3.03. The predicted molar refractivity (Wildman–Crippen MR) is 67.0 cm³/mol. The molecule has 0 N–H and O–H groups in total. The molecule has 0 aliphatic carbocycles. The second-order valence-corrected chi connectivity index (χ2v) is 6.45. The molecule has 0 amide bonds. The SMILES string of the molecule is CCCOc1ccccc1[I+]/C(C(=O)OC)=C(/[O-])OC. The van der Waals surface area contributed by atoms with Gasteiger partial charge in [0.2, 0.25) is 3.57 Å². The van der Waals surface area contributed by atoms with Crippen LogP contribution >= 0.6 is 0 Å². The van der Waals surface area contributed by atoms with E-state index in [-0.39, 0.29) is 3.58 Å². The van der Waals surface area contributed by atoms with Gasteiger partial charge in [-0.05, 0) is 25.7 Å². The molecule has 0 aliphatic heterocycles. The lowest BCUT2D eigenvalue weighted by molar-refractivity contribution is -0.583. The molecule has 0 bridgehead atoms. The fourth-order valence-electron chi connectivity index (χ4n) is 1.29. The standard InChI is InChI=1S/C14H17IO5/c1-4-9-20-11-8-6-5-7-10(11)15-12(13(16)18-2)14(17)19-3/h5-8H,4,9H2,1-3H3. The average molecular weight is 392 g/mol. The van der Waals surface area contributed by atoms with Crippen molar-refractivity contribution in [3.63, 3.8) is 0 Å². The van der Waals surface area contributed by atoms with Crippen LogP contribution in [-0.4, -0.2) is 26.8 Å². The van der Waals surface area contributed by atoms with E-state index in [4.69, 9.17) is 4.74 Å². The van der Waals surface area contributed by atoms with Crippen molar-refractivity contribution < 1.29 is 45.3 Å². The molecule has 0 fully saturated rings. The number of rotatable bonds is 7. The van der Waals surface area contributed by atoms with Gasteiger partial charge in [-0.15, -0.1) is 0 Å². The van der Waals surface area contributed by atoms with Gasteiger partial charge in [-0.2, -0.15) is 0 Å². The zero-order valence-corrected chi connectivity index (χ0v) is 13.8. The van der Waals surface area contributed by atoms with Crippen LogP contribution in [0.25, 0.3) is 0 Å². The van der Waals surface area contributed by atoms with E-state index in [1.807, 2.05) is 31.2 Å². The molecule has 1 aromatic carbocycles. The summed E-state index contributed by atoms with van der Waals surface area (Å²) in [5.74, 6) is -0.586. The smallest absolute Gasteiger partial charge is 0.387 e. The molecule has 6 heteroatoms. The number of benzene rings is 1. The first-order chi connectivity index (χ1) is 9.63. The number of methoxy groups -OCH3 is 2. The molecule has 0 spiro atoms. The minimum Gasteiger partial charge on any atom is -0.613 e. The highest BCUT2D eigenvalue weighted by Gasteiger charge is 2.32. The van der Waals surface area contributed by atoms with Crippen LogP contribution in [0.5, 0.6) is 5.75 Å². The van der Waals surface area contributed by atoms with Gasteiger partial charge in [-0.25, -0.2) is 4.79 Å². The van der Waals surface area contributed by atoms with Gasteiger partial charge >= 0.3 is 27.2 Å². The number of hydrogen-bond acceptors (Lipinski definition) is 5. The lowest BCUT2D eigenvalue weighted by atomic mass is 10.3. The molecule has 0 heterocycles. The van der Waals surface area contributed by atoms with Crippen molar-refractivity contribution in [2.45, 2.75) is 13.3 Å². The molecular formula is C14H17IO5. The molecule has 1 aromatic rings. The van der Waals surface area contributed by atoms with Gasteiger partial charge in [0.1, 0.15) is 5.95 Å². The fraction of sp³-hybridized carbons (Fsp3) is 0.357. The summed E-state index contributed by atoms with van der Waals surface area (Å²) in [5, 5.41) is 11.7. The maximum Gasteiger partial charge on any atom is 0.387 e. The summed E-state index contributed by atoms with van der Waals surface area (Å²) >= 11 is -1.03. The van der Waals surface area contributed by atoms with E-state index >= 15 is 0 Å². The van der Waals surface area contributed by atoms with Crippen LogP contribution in [0.2, 0.25) is 0 Å². The van der Waals surface area contributed by atoms with E-state index in [1.165, 1.54) is 14.2 Å². The highest BCUT2D eigenvalue weighted by atomic mass is 127. The number of hydrogen-bond donors (Lipinski definition) is 0. The van der Waals surface area contributed by atoms with Crippen molar-refractivity contribution in [1.82, 2.24) is 0 Å². The molecule has 1 rings (SSSR count). The Morgan fingerprint density at radius 2 is 1.95 bits per heavy atom. The molecule has 110 valence electrons. The topological polar surface area (TPSA) is 67.8 Å². The third-order valence-corrected chi connectivity index (χ3v) is 5.12. The van der Waals surface area contributed by atoms with Crippen molar-refractivity contribution in [1.29, 1.82) is 0 Å². The molecule has 0 saturated heterocycles. The number of para-hydroxylation sites is 1. The zero-order chi connectivity index (χ0) is 15.0. The molecule has 0 unspecified atom stereocenters. The van der Waals surface area contributed by atoms with E-state index in [1.54, 1.807) is 0 Å². The Morgan fingerprint density at radius 1 is 1.25 bits per heavy atom. The number of esters is 1. The largest absolute Gasteiger partial charge is 0.613 e. The first kappa shape index (κ1) is 16.6. The molecular weight excluding hydrogens is 375 g/mol. The number of carbonyl (C=O) groups is 1. The van der Waals surface area contributed by atoms with E-state index < -0.39 is 33.1 Å². The normalized spacial score (nSPS) is 11.6. The second-order valence-electron chi connectivity index (χ2n) is 3.67. The van der Waals surface area contributed by atoms with Crippen LogP contribution in [0.1, 0.15) is 13.3 Å². The molecule has 0 aromatic heterocycles. The highest BCUT2D eigenvalue weighted by molar-refractivity contribution is 5.85. The average Bonchev–Trinajstić information content (AvgIpc) is 2.49. The maximum atomic E-state index is 11.7. The summed E-state index contributed by atoms with van der Waals surface area (Å²) in [6, 6.07) is 7.38. The van der Waals surface area contributed by atoms with Crippen LogP contribution < -0.4 is 31.0 Å². The van der Waals surface area contributed by atoms with Gasteiger partial charge in [-0.3, -0.25) is 0 Å². The molecule has 0 atom stereocenters. The first-order valence-corrected chi connectivity index (χ1v) is 8.20. The molecule has 20 heavy (non-hydrogen) atoms. The quantitative estimate of drug-likeness (QED) is 0.234. The Labute approximate surface area is 128 Å². The second kappa shape index (κ2) is 8.68. The summed E-state index contributed by atoms with van der Waals surface area (Å²) in [7, 11) is 2.49. The summed E-state index contributed by atoms with van der Waals surface area (Å²) in [4.78, 5) is 11.7. The minimum atomic E-state index is -1.03. The third-order valence-electron chi connectivity index (χ3n) is 2.22. The van der Waals surface area contributed by atoms with Crippen molar-refractivity contribution in [2.24, 2.45) is 0 Å².